The van der Waals surface area contributed by atoms with Gasteiger partial charge >= 0.3 is 0 Å². The summed E-state index contributed by atoms with van der Waals surface area (Å²) in [7, 11) is 0. The molecule has 6 heteroatoms. The van der Waals surface area contributed by atoms with Crippen molar-refractivity contribution in [3.8, 4) is 5.69 Å². The molecule has 4 aliphatic rings. The molecule has 4 saturated carbocycles. The lowest BCUT2D eigenvalue weighted by Gasteiger charge is -2.56. The second kappa shape index (κ2) is 8.72. The molecule has 4 aliphatic carbocycles. The van der Waals surface area contributed by atoms with E-state index in [1.54, 1.807) is 0 Å². The van der Waals surface area contributed by atoms with Gasteiger partial charge in [0, 0.05) is 23.9 Å². The summed E-state index contributed by atoms with van der Waals surface area (Å²) in [5, 5.41) is 12.9. The number of rotatable bonds is 6. The highest BCUT2D eigenvalue weighted by atomic mass is 16.1. The Labute approximate surface area is 217 Å². The van der Waals surface area contributed by atoms with Crippen molar-refractivity contribution in [1.29, 1.82) is 0 Å². The molecule has 2 aromatic heterocycles. The van der Waals surface area contributed by atoms with Crippen molar-refractivity contribution in [1.82, 2.24) is 19.6 Å². The van der Waals surface area contributed by atoms with Crippen LogP contribution in [0.2, 0.25) is 0 Å². The minimum absolute atomic E-state index is 0.0198. The van der Waals surface area contributed by atoms with E-state index in [0.717, 1.165) is 48.4 Å². The van der Waals surface area contributed by atoms with Gasteiger partial charge in [0.25, 0.3) is 5.91 Å². The van der Waals surface area contributed by atoms with Gasteiger partial charge < -0.3 is 5.32 Å². The van der Waals surface area contributed by atoms with Crippen LogP contribution in [0.3, 0.4) is 0 Å². The molecule has 2 aromatic carbocycles. The summed E-state index contributed by atoms with van der Waals surface area (Å²) in [4.78, 5) is 13.8. The van der Waals surface area contributed by atoms with Crippen molar-refractivity contribution >= 4 is 11.7 Å². The highest BCUT2D eigenvalue weighted by Gasteiger charge is 2.53. The summed E-state index contributed by atoms with van der Waals surface area (Å²) in [5.41, 5.74) is 5.10. The predicted molar refractivity (Wildman–Crippen MR) is 144 cm³/mol. The third kappa shape index (κ3) is 4.18. The van der Waals surface area contributed by atoms with E-state index in [1.165, 1.54) is 30.4 Å². The molecule has 0 radical (unpaired) electrons. The van der Waals surface area contributed by atoms with Crippen LogP contribution >= 0.6 is 0 Å². The fourth-order valence-corrected chi connectivity index (χ4v) is 7.74. The Balaban J connectivity index is 1.19. The molecule has 4 bridgehead atoms. The van der Waals surface area contributed by atoms with Crippen molar-refractivity contribution in [2.24, 2.45) is 17.8 Å². The summed E-state index contributed by atoms with van der Waals surface area (Å²) >= 11 is 0. The third-order valence-corrected chi connectivity index (χ3v) is 8.83. The van der Waals surface area contributed by atoms with Gasteiger partial charge in [0.05, 0.1) is 23.5 Å². The van der Waals surface area contributed by atoms with Crippen molar-refractivity contribution in [3.05, 3.63) is 95.4 Å². The Kier molecular flexibility index (Phi) is 5.31. The molecule has 0 unspecified atom stereocenters. The normalized spacial score (nSPS) is 25.9. The molecule has 37 heavy (non-hydrogen) atoms. The average Bonchev–Trinajstić information content (AvgIpc) is 3.52. The molecule has 188 valence electrons. The Morgan fingerprint density at radius 2 is 1.68 bits per heavy atom. The van der Waals surface area contributed by atoms with Gasteiger partial charge in [-0.05, 0) is 80.9 Å². The van der Waals surface area contributed by atoms with E-state index >= 15 is 0 Å². The summed E-state index contributed by atoms with van der Waals surface area (Å²) in [6.45, 7) is 2.76. The lowest BCUT2D eigenvalue weighted by molar-refractivity contribution is -0.00765. The predicted octanol–water partition coefficient (Wildman–Crippen LogP) is 6.15. The molecule has 0 aliphatic heterocycles. The van der Waals surface area contributed by atoms with E-state index in [0.29, 0.717) is 17.9 Å². The number of hydrogen-bond acceptors (Lipinski definition) is 3. The molecule has 4 aromatic rings. The average molecular weight is 492 g/mol. The van der Waals surface area contributed by atoms with Crippen molar-refractivity contribution in [3.63, 3.8) is 0 Å². The number of benzene rings is 2. The van der Waals surface area contributed by atoms with Crippen LogP contribution in [0.5, 0.6) is 0 Å². The molecule has 1 N–H and O–H groups in total. The number of amides is 1. The maximum atomic E-state index is 13.8. The number of carbonyl (C=O) groups excluding carboxylic acids is 1. The maximum Gasteiger partial charge on any atom is 0.260 e. The first-order chi connectivity index (χ1) is 18.0. The second-order valence-electron chi connectivity index (χ2n) is 11.7. The highest BCUT2D eigenvalue weighted by molar-refractivity contribution is 6.04. The first kappa shape index (κ1) is 22.5. The van der Waals surface area contributed by atoms with Gasteiger partial charge in [-0.3, -0.25) is 9.48 Å². The molecule has 4 fully saturated rings. The van der Waals surface area contributed by atoms with Gasteiger partial charge in [-0.2, -0.15) is 10.2 Å². The minimum Gasteiger partial charge on any atom is -0.305 e. The van der Waals surface area contributed by atoms with Gasteiger partial charge in [-0.25, -0.2) is 4.68 Å². The van der Waals surface area contributed by atoms with Crippen LogP contribution in [-0.4, -0.2) is 25.5 Å². The number of aryl methyl sites for hydroxylation is 1. The first-order valence-electron chi connectivity index (χ1n) is 13.6. The number of nitrogens with one attached hydrogen (secondary N) is 1. The van der Waals surface area contributed by atoms with E-state index in [1.807, 2.05) is 58.2 Å². The van der Waals surface area contributed by atoms with Crippen molar-refractivity contribution in [2.45, 2.75) is 57.4 Å². The zero-order valence-electron chi connectivity index (χ0n) is 21.3. The van der Waals surface area contributed by atoms with Crippen LogP contribution in [-0.2, 0) is 12.0 Å². The summed E-state index contributed by atoms with van der Waals surface area (Å²) in [5.74, 6) is 2.79. The molecular weight excluding hydrogens is 458 g/mol. The third-order valence-electron chi connectivity index (χ3n) is 8.83. The minimum atomic E-state index is -0.117. The smallest absolute Gasteiger partial charge is 0.260 e. The molecule has 0 atom stereocenters. The zero-order chi connectivity index (χ0) is 25.0. The summed E-state index contributed by atoms with van der Waals surface area (Å²) < 4.78 is 3.77. The van der Waals surface area contributed by atoms with E-state index in [2.05, 4.69) is 41.6 Å². The second-order valence-corrected chi connectivity index (χ2v) is 11.7. The standard InChI is InChI=1S/C31H33N5O/c1-21-6-5-7-22(12-21)19-35-11-10-28(33-35)32-30(37)27-20-36(26-8-3-2-4-9-26)34-29(27)31-16-23-13-24(17-31)15-25(14-23)18-31/h2-12,20,23-25H,13-19H2,1H3,(H,32,33,37). The van der Waals surface area contributed by atoms with Gasteiger partial charge in [-0.15, -0.1) is 0 Å². The SMILES string of the molecule is Cc1cccc(Cn2ccc(NC(=O)c3cn(-c4ccccc4)nc3C34CC5CC(CC(C5)C3)C4)n2)c1. The summed E-state index contributed by atoms with van der Waals surface area (Å²) in [6, 6.07) is 20.4. The molecule has 2 heterocycles. The van der Waals surface area contributed by atoms with Crippen LogP contribution in [0.25, 0.3) is 5.69 Å². The lowest BCUT2D eigenvalue weighted by atomic mass is 9.48. The van der Waals surface area contributed by atoms with Crippen molar-refractivity contribution < 1.29 is 4.79 Å². The van der Waals surface area contributed by atoms with Crippen LogP contribution in [0, 0.1) is 24.7 Å². The van der Waals surface area contributed by atoms with Crippen LogP contribution < -0.4 is 5.32 Å². The number of aromatic nitrogens is 4. The molecule has 1 amide bonds. The van der Waals surface area contributed by atoms with Gasteiger partial charge in [0.1, 0.15) is 0 Å². The largest absolute Gasteiger partial charge is 0.305 e. The summed E-state index contributed by atoms with van der Waals surface area (Å²) in [6.07, 6.45) is 11.4. The Bertz CT molecular complexity index is 1410. The van der Waals surface area contributed by atoms with E-state index in [9.17, 15) is 4.79 Å². The first-order valence-corrected chi connectivity index (χ1v) is 13.6. The Hall–Kier alpha value is -3.67. The lowest BCUT2D eigenvalue weighted by Crippen LogP contribution is -2.49. The Morgan fingerprint density at radius 3 is 2.38 bits per heavy atom. The number of hydrogen-bond donors (Lipinski definition) is 1. The maximum absolute atomic E-state index is 13.8. The fourth-order valence-electron chi connectivity index (χ4n) is 7.74. The van der Waals surface area contributed by atoms with Gasteiger partial charge in [-0.1, -0.05) is 48.0 Å². The number of anilines is 1. The van der Waals surface area contributed by atoms with E-state index in [4.69, 9.17) is 5.10 Å². The van der Waals surface area contributed by atoms with Crippen LogP contribution in [0.4, 0.5) is 5.82 Å². The monoisotopic (exact) mass is 491 g/mol. The topological polar surface area (TPSA) is 64.7 Å². The fraction of sp³-hybridized carbons (Fsp3) is 0.387. The van der Waals surface area contributed by atoms with E-state index < -0.39 is 0 Å². The molecular formula is C31H33N5O. The molecule has 0 spiro atoms. The molecule has 8 rings (SSSR count). The Morgan fingerprint density at radius 1 is 0.946 bits per heavy atom. The van der Waals surface area contributed by atoms with Gasteiger partial charge in [0.2, 0.25) is 0 Å². The molecule has 0 saturated heterocycles. The van der Waals surface area contributed by atoms with Crippen LogP contribution in [0.1, 0.15) is 65.7 Å². The van der Waals surface area contributed by atoms with Crippen LogP contribution in [0.15, 0.2) is 73.1 Å². The quantitative estimate of drug-likeness (QED) is 0.352. The zero-order valence-corrected chi connectivity index (χ0v) is 21.3. The number of para-hydroxylation sites is 1. The molecule has 6 nitrogen and oxygen atoms in total. The number of carbonyl (C=O) groups is 1. The highest BCUT2D eigenvalue weighted by Crippen LogP contribution is 2.60. The van der Waals surface area contributed by atoms with E-state index in [-0.39, 0.29) is 11.3 Å². The van der Waals surface area contributed by atoms with Gasteiger partial charge in [0.15, 0.2) is 5.82 Å². The number of nitrogens with zero attached hydrogens (tertiary/aromatic N) is 4. The van der Waals surface area contributed by atoms with Crippen molar-refractivity contribution in [2.75, 3.05) is 5.32 Å².